The van der Waals surface area contributed by atoms with Gasteiger partial charge in [0.15, 0.2) is 0 Å². The quantitative estimate of drug-likeness (QED) is 0.341. The molecular weight excluding hydrogens is 360 g/mol. The highest BCUT2D eigenvalue weighted by atomic mass is 14.2. The van der Waals surface area contributed by atoms with Crippen LogP contribution in [0.25, 0.3) is 0 Å². The van der Waals surface area contributed by atoms with E-state index in [0.29, 0.717) is 0 Å². The second-order valence-corrected chi connectivity index (χ2v) is 11.5. The van der Waals surface area contributed by atoms with E-state index in [2.05, 4.69) is 109 Å². The summed E-state index contributed by atoms with van der Waals surface area (Å²) in [5.74, 6) is 6.01. The van der Waals surface area contributed by atoms with Crippen LogP contribution in [0.4, 0.5) is 0 Å². The third kappa shape index (κ3) is 29.7. The first-order chi connectivity index (χ1) is 13.7. The molecule has 1 rings (SSSR count). The molecule has 0 saturated carbocycles. The van der Waals surface area contributed by atoms with E-state index >= 15 is 0 Å². The fraction of sp³-hybridized carbons (Fsp3) is 0.867. The van der Waals surface area contributed by atoms with Crippen LogP contribution in [-0.2, 0) is 0 Å². The molecule has 30 heavy (non-hydrogen) atoms. The summed E-state index contributed by atoms with van der Waals surface area (Å²) in [5, 5.41) is 0. The average Bonchev–Trinajstić information content (AvgIpc) is 3.06. The standard InChI is InChI=1S/C9H16.C8H18.C7H14.C6H14/c1-8(2)7-9-5-3-4-6-9;1-6(2)8(5)7(3)4;1-6(2)5-7(3)4;1-4-5-6(2)3/h3,5,8-9H,4,6-7H2,1-2H3;6-8H,1-5H3;7H,1,5H2,2-4H3;6H,4-5H2,1-3H3. The van der Waals surface area contributed by atoms with Crippen LogP contribution < -0.4 is 0 Å². The first-order valence-electron chi connectivity index (χ1n) is 13.0. The highest BCUT2D eigenvalue weighted by Crippen LogP contribution is 2.23. The van der Waals surface area contributed by atoms with Gasteiger partial charge in [0.05, 0.1) is 0 Å². The van der Waals surface area contributed by atoms with Gasteiger partial charge in [-0.1, -0.05) is 114 Å². The van der Waals surface area contributed by atoms with Crippen LogP contribution in [0.5, 0.6) is 0 Å². The topological polar surface area (TPSA) is 0 Å². The van der Waals surface area contributed by atoms with E-state index in [0.717, 1.165) is 41.4 Å². The Morgan fingerprint density at radius 2 is 1.33 bits per heavy atom. The molecule has 182 valence electrons. The van der Waals surface area contributed by atoms with Crippen molar-refractivity contribution in [3.63, 3.8) is 0 Å². The molecule has 0 aliphatic heterocycles. The van der Waals surface area contributed by atoms with Crippen molar-refractivity contribution in [1.29, 1.82) is 0 Å². The number of hydrogen-bond acceptors (Lipinski definition) is 0. The van der Waals surface area contributed by atoms with E-state index in [1.807, 2.05) is 0 Å². The van der Waals surface area contributed by atoms with Crippen LogP contribution in [0.3, 0.4) is 0 Å². The molecule has 1 aliphatic carbocycles. The van der Waals surface area contributed by atoms with Crippen molar-refractivity contribution in [3.8, 4) is 0 Å². The summed E-state index contributed by atoms with van der Waals surface area (Å²) in [5.41, 5.74) is 1.29. The average molecular weight is 423 g/mol. The zero-order valence-electron chi connectivity index (χ0n) is 23.6. The Morgan fingerprint density at radius 3 is 1.47 bits per heavy atom. The Bertz CT molecular complexity index is 373. The maximum Gasteiger partial charge on any atom is -0.0228 e. The lowest BCUT2D eigenvalue weighted by Crippen LogP contribution is -2.10. The molecule has 0 nitrogen and oxygen atoms in total. The molecule has 0 spiro atoms. The molecule has 1 aliphatic rings. The van der Waals surface area contributed by atoms with Crippen molar-refractivity contribution in [2.75, 3.05) is 0 Å². The van der Waals surface area contributed by atoms with Gasteiger partial charge < -0.3 is 0 Å². The Labute approximate surface area is 194 Å². The van der Waals surface area contributed by atoms with Crippen molar-refractivity contribution in [2.45, 2.75) is 129 Å². The molecule has 0 aromatic carbocycles. The lowest BCUT2D eigenvalue weighted by atomic mass is 9.88. The Hall–Kier alpha value is -0.520. The van der Waals surface area contributed by atoms with Crippen molar-refractivity contribution >= 4 is 0 Å². The van der Waals surface area contributed by atoms with Gasteiger partial charge >= 0.3 is 0 Å². The summed E-state index contributed by atoms with van der Waals surface area (Å²) in [7, 11) is 0. The van der Waals surface area contributed by atoms with Gasteiger partial charge in [0.2, 0.25) is 0 Å². The fourth-order valence-electron chi connectivity index (χ4n) is 3.54. The van der Waals surface area contributed by atoms with Crippen molar-refractivity contribution in [1.82, 2.24) is 0 Å². The molecule has 1 atom stereocenters. The first-order valence-corrected chi connectivity index (χ1v) is 13.0. The van der Waals surface area contributed by atoms with Crippen LogP contribution in [0.2, 0.25) is 0 Å². The monoisotopic (exact) mass is 422 g/mol. The molecule has 0 aromatic rings. The van der Waals surface area contributed by atoms with Crippen LogP contribution in [0.15, 0.2) is 24.3 Å². The molecule has 0 heterocycles. The SMILES string of the molecule is C=C(C)CC(C)C.CC(C)C(C)C(C)C.CC(C)CC1C=CCC1.CCCC(C)C. The fourth-order valence-corrected chi connectivity index (χ4v) is 3.54. The molecule has 0 saturated heterocycles. The zero-order valence-corrected chi connectivity index (χ0v) is 23.6. The molecule has 0 heteroatoms. The van der Waals surface area contributed by atoms with E-state index in [9.17, 15) is 0 Å². The van der Waals surface area contributed by atoms with Gasteiger partial charge in [-0.25, -0.2) is 0 Å². The second-order valence-electron chi connectivity index (χ2n) is 11.5. The molecule has 0 amide bonds. The largest absolute Gasteiger partial charge is 0.100 e. The minimum atomic E-state index is 0.775. The van der Waals surface area contributed by atoms with E-state index in [1.165, 1.54) is 44.1 Å². The van der Waals surface area contributed by atoms with Gasteiger partial charge in [0.25, 0.3) is 0 Å². The van der Waals surface area contributed by atoms with E-state index < -0.39 is 0 Å². The lowest BCUT2D eigenvalue weighted by molar-refractivity contribution is 0.316. The van der Waals surface area contributed by atoms with Gasteiger partial charge in [-0.2, -0.15) is 0 Å². The summed E-state index contributed by atoms with van der Waals surface area (Å²) < 4.78 is 0. The number of rotatable bonds is 8. The van der Waals surface area contributed by atoms with Crippen molar-refractivity contribution in [3.05, 3.63) is 24.3 Å². The highest BCUT2D eigenvalue weighted by molar-refractivity contribution is 4.96. The van der Waals surface area contributed by atoms with Gasteiger partial charge in [-0.3, -0.25) is 0 Å². The molecular formula is C30H62. The summed E-state index contributed by atoms with van der Waals surface area (Å²) in [4.78, 5) is 0. The third-order valence-electron chi connectivity index (χ3n) is 5.61. The summed E-state index contributed by atoms with van der Waals surface area (Å²) in [6, 6.07) is 0. The Morgan fingerprint density at radius 1 is 0.833 bits per heavy atom. The first kappa shape index (κ1) is 34.1. The highest BCUT2D eigenvalue weighted by Gasteiger charge is 2.10. The molecule has 1 unspecified atom stereocenters. The normalized spacial score (nSPS) is 15.2. The van der Waals surface area contributed by atoms with Crippen LogP contribution >= 0.6 is 0 Å². The Kier molecular flexibility index (Phi) is 24.7. The van der Waals surface area contributed by atoms with E-state index in [4.69, 9.17) is 0 Å². The van der Waals surface area contributed by atoms with Crippen molar-refractivity contribution in [2.24, 2.45) is 41.4 Å². The van der Waals surface area contributed by atoms with Gasteiger partial charge in [-0.15, -0.1) is 6.58 Å². The lowest BCUT2D eigenvalue weighted by Gasteiger charge is -2.18. The van der Waals surface area contributed by atoms with Crippen LogP contribution in [0.1, 0.15) is 129 Å². The van der Waals surface area contributed by atoms with Crippen LogP contribution in [0, 0.1) is 41.4 Å². The number of allylic oxidation sites excluding steroid dienone is 3. The second kappa shape index (κ2) is 21.7. The summed E-state index contributed by atoms with van der Waals surface area (Å²) in [6.45, 7) is 33.0. The summed E-state index contributed by atoms with van der Waals surface area (Å²) in [6.07, 6.45) is 12.7. The smallest absolute Gasteiger partial charge is 0.0228 e. The molecule has 0 bridgehead atoms. The van der Waals surface area contributed by atoms with E-state index in [1.54, 1.807) is 0 Å². The molecule has 0 radical (unpaired) electrons. The predicted molar refractivity (Wildman–Crippen MR) is 144 cm³/mol. The molecule has 0 fully saturated rings. The van der Waals surface area contributed by atoms with Crippen LogP contribution in [-0.4, -0.2) is 0 Å². The maximum absolute atomic E-state index is 3.80. The molecule has 0 N–H and O–H groups in total. The van der Waals surface area contributed by atoms with Gasteiger partial charge in [0, 0.05) is 0 Å². The minimum absolute atomic E-state index is 0.775. The van der Waals surface area contributed by atoms with Crippen molar-refractivity contribution < 1.29 is 0 Å². The summed E-state index contributed by atoms with van der Waals surface area (Å²) >= 11 is 0. The molecule has 0 aromatic heterocycles. The maximum atomic E-state index is 3.80. The number of hydrogen-bond donors (Lipinski definition) is 0. The third-order valence-corrected chi connectivity index (χ3v) is 5.61. The van der Waals surface area contributed by atoms with Gasteiger partial charge in [0.1, 0.15) is 0 Å². The minimum Gasteiger partial charge on any atom is -0.100 e. The predicted octanol–water partition coefficient (Wildman–Crippen LogP) is 11.0. The van der Waals surface area contributed by atoms with Gasteiger partial charge in [-0.05, 0) is 74.0 Å². The van der Waals surface area contributed by atoms with E-state index in [-0.39, 0.29) is 0 Å². The Balaban J connectivity index is -0.000000328. The zero-order chi connectivity index (χ0) is 24.3.